The maximum atomic E-state index is 12.6. The highest BCUT2D eigenvalue weighted by Gasteiger charge is 2.34. The van der Waals surface area contributed by atoms with Crippen molar-refractivity contribution in [1.29, 1.82) is 0 Å². The summed E-state index contributed by atoms with van der Waals surface area (Å²) in [6.07, 6.45) is 1.66. The van der Waals surface area contributed by atoms with Gasteiger partial charge in [0, 0.05) is 6.54 Å². The number of carbonyl (C=O) groups is 2. The summed E-state index contributed by atoms with van der Waals surface area (Å²) in [6, 6.07) is 13.3. The molecule has 1 saturated heterocycles. The molecule has 0 saturated carbocycles. The summed E-state index contributed by atoms with van der Waals surface area (Å²) in [7, 11) is 0. The Bertz CT molecular complexity index is 740. The minimum atomic E-state index is -0.900. The maximum absolute atomic E-state index is 12.6. The second-order valence-electron chi connectivity index (χ2n) is 6.43. The molecule has 1 heterocycles. The van der Waals surface area contributed by atoms with E-state index in [0.717, 1.165) is 22.8 Å². The maximum Gasteiger partial charge on any atom is 0.326 e. The number of piperidine rings is 1. The van der Waals surface area contributed by atoms with Crippen molar-refractivity contribution in [3.05, 3.63) is 48.0 Å². The van der Waals surface area contributed by atoms with Gasteiger partial charge in [0.15, 0.2) is 0 Å². The number of benzene rings is 2. The average molecular weight is 311 g/mol. The fourth-order valence-electron chi connectivity index (χ4n) is 3.30. The number of nitrogens with zero attached hydrogens (tertiary/aromatic N) is 1. The zero-order valence-electron chi connectivity index (χ0n) is 13.2. The number of hydrogen-bond donors (Lipinski definition) is 1. The Morgan fingerprint density at radius 3 is 2.65 bits per heavy atom. The minimum Gasteiger partial charge on any atom is -0.480 e. The SMILES string of the molecule is CC1CCN(C(=O)Cc2ccc3ccccc3c2)C(C(=O)O)C1. The number of aliphatic carboxylic acids is 1. The first kappa shape index (κ1) is 15.5. The largest absolute Gasteiger partial charge is 0.480 e. The zero-order chi connectivity index (χ0) is 16.4. The molecule has 23 heavy (non-hydrogen) atoms. The Morgan fingerprint density at radius 2 is 1.91 bits per heavy atom. The lowest BCUT2D eigenvalue weighted by molar-refractivity contribution is -0.152. The lowest BCUT2D eigenvalue weighted by Crippen LogP contribution is -2.50. The molecule has 4 nitrogen and oxygen atoms in total. The van der Waals surface area contributed by atoms with E-state index in [1.54, 1.807) is 0 Å². The van der Waals surface area contributed by atoms with Gasteiger partial charge in [-0.05, 0) is 35.1 Å². The highest BCUT2D eigenvalue weighted by atomic mass is 16.4. The van der Waals surface area contributed by atoms with E-state index in [9.17, 15) is 14.7 Å². The van der Waals surface area contributed by atoms with Crippen molar-refractivity contribution >= 4 is 22.6 Å². The lowest BCUT2D eigenvalue weighted by atomic mass is 9.92. The van der Waals surface area contributed by atoms with Gasteiger partial charge in [0.2, 0.25) is 5.91 Å². The minimum absolute atomic E-state index is 0.0976. The molecule has 4 heteroatoms. The smallest absolute Gasteiger partial charge is 0.326 e. The van der Waals surface area contributed by atoms with Crippen LogP contribution in [-0.4, -0.2) is 34.5 Å². The number of hydrogen-bond acceptors (Lipinski definition) is 2. The molecule has 0 aromatic heterocycles. The molecule has 0 bridgehead atoms. The number of amides is 1. The molecule has 1 aliphatic heterocycles. The van der Waals surface area contributed by atoms with E-state index in [1.165, 1.54) is 4.90 Å². The summed E-state index contributed by atoms with van der Waals surface area (Å²) in [6.45, 7) is 2.58. The van der Waals surface area contributed by atoms with Crippen LogP contribution < -0.4 is 0 Å². The standard InChI is InChI=1S/C19H21NO3/c1-13-8-9-20(17(10-13)19(22)23)18(21)12-14-6-7-15-4-2-3-5-16(15)11-14/h2-7,11,13,17H,8-10,12H2,1H3,(H,22,23). The number of carboxylic acid groups (broad SMARTS) is 1. The van der Waals surface area contributed by atoms with Crippen molar-refractivity contribution in [2.24, 2.45) is 5.92 Å². The molecule has 0 radical (unpaired) electrons. The van der Waals surface area contributed by atoms with Crippen molar-refractivity contribution in [3.63, 3.8) is 0 Å². The number of fused-ring (bicyclic) bond motifs is 1. The molecule has 2 unspecified atom stereocenters. The number of carbonyl (C=O) groups excluding carboxylic acids is 1. The highest BCUT2D eigenvalue weighted by molar-refractivity contribution is 5.87. The molecule has 2 atom stereocenters. The zero-order valence-corrected chi connectivity index (χ0v) is 13.2. The third-order valence-corrected chi connectivity index (χ3v) is 4.64. The van der Waals surface area contributed by atoms with Gasteiger partial charge in [0.25, 0.3) is 0 Å². The lowest BCUT2D eigenvalue weighted by Gasteiger charge is -2.36. The first-order valence-corrected chi connectivity index (χ1v) is 8.04. The van der Waals surface area contributed by atoms with Gasteiger partial charge in [-0.15, -0.1) is 0 Å². The predicted octanol–water partition coefficient (Wildman–Crippen LogP) is 3.09. The van der Waals surface area contributed by atoms with Gasteiger partial charge in [-0.3, -0.25) is 4.79 Å². The van der Waals surface area contributed by atoms with E-state index in [-0.39, 0.29) is 12.3 Å². The molecular formula is C19H21NO3. The second kappa shape index (κ2) is 6.41. The molecule has 120 valence electrons. The van der Waals surface area contributed by atoms with Crippen LogP contribution in [-0.2, 0) is 16.0 Å². The Kier molecular flexibility index (Phi) is 4.33. The van der Waals surface area contributed by atoms with Crippen LogP contribution >= 0.6 is 0 Å². The summed E-state index contributed by atoms with van der Waals surface area (Å²) in [5.74, 6) is -0.649. The molecule has 1 fully saturated rings. The van der Waals surface area contributed by atoms with Crippen molar-refractivity contribution in [2.75, 3.05) is 6.54 Å². The fourth-order valence-corrected chi connectivity index (χ4v) is 3.30. The van der Waals surface area contributed by atoms with E-state index in [1.807, 2.05) is 49.4 Å². The van der Waals surface area contributed by atoms with Gasteiger partial charge < -0.3 is 10.0 Å². The van der Waals surface area contributed by atoms with Gasteiger partial charge in [-0.1, -0.05) is 49.4 Å². The summed E-state index contributed by atoms with van der Waals surface area (Å²) >= 11 is 0. The first-order valence-electron chi connectivity index (χ1n) is 8.04. The van der Waals surface area contributed by atoms with E-state index in [4.69, 9.17) is 0 Å². The molecule has 1 aliphatic rings. The molecule has 3 rings (SSSR count). The van der Waals surface area contributed by atoms with E-state index >= 15 is 0 Å². The van der Waals surface area contributed by atoms with Gasteiger partial charge in [-0.2, -0.15) is 0 Å². The van der Waals surface area contributed by atoms with Gasteiger partial charge in [0.1, 0.15) is 6.04 Å². The van der Waals surface area contributed by atoms with Crippen LogP contribution in [0.3, 0.4) is 0 Å². The Hall–Kier alpha value is -2.36. The van der Waals surface area contributed by atoms with Crippen LogP contribution in [0.1, 0.15) is 25.3 Å². The Balaban J connectivity index is 1.77. The van der Waals surface area contributed by atoms with Gasteiger partial charge in [0.05, 0.1) is 6.42 Å². The number of likely N-dealkylation sites (tertiary alicyclic amines) is 1. The van der Waals surface area contributed by atoms with Crippen LogP contribution in [0.2, 0.25) is 0 Å². The number of rotatable bonds is 3. The van der Waals surface area contributed by atoms with Gasteiger partial charge in [-0.25, -0.2) is 4.79 Å². The van der Waals surface area contributed by atoms with Crippen molar-refractivity contribution in [2.45, 2.75) is 32.2 Å². The summed E-state index contributed by atoms with van der Waals surface area (Å²) < 4.78 is 0. The highest BCUT2D eigenvalue weighted by Crippen LogP contribution is 2.24. The fraction of sp³-hybridized carbons (Fsp3) is 0.368. The molecule has 1 N–H and O–H groups in total. The third-order valence-electron chi connectivity index (χ3n) is 4.64. The van der Waals surface area contributed by atoms with E-state index in [0.29, 0.717) is 18.9 Å². The van der Waals surface area contributed by atoms with E-state index in [2.05, 4.69) is 0 Å². The Morgan fingerprint density at radius 1 is 1.17 bits per heavy atom. The molecular weight excluding hydrogens is 290 g/mol. The van der Waals surface area contributed by atoms with Crippen LogP contribution in [0.4, 0.5) is 0 Å². The Labute approximate surface area is 135 Å². The quantitative estimate of drug-likeness (QED) is 0.947. The number of carboxylic acids is 1. The molecule has 0 aliphatic carbocycles. The monoisotopic (exact) mass is 311 g/mol. The summed E-state index contributed by atoms with van der Waals surface area (Å²) in [5.41, 5.74) is 0.927. The van der Waals surface area contributed by atoms with Crippen LogP contribution in [0.15, 0.2) is 42.5 Å². The van der Waals surface area contributed by atoms with Crippen molar-refractivity contribution < 1.29 is 14.7 Å². The molecule has 2 aromatic carbocycles. The van der Waals surface area contributed by atoms with Crippen LogP contribution in [0, 0.1) is 5.92 Å². The summed E-state index contributed by atoms with van der Waals surface area (Å²) in [5, 5.41) is 11.6. The molecule has 0 spiro atoms. The topological polar surface area (TPSA) is 57.6 Å². The average Bonchev–Trinajstić information content (AvgIpc) is 2.54. The van der Waals surface area contributed by atoms with Gasteiger partial charge >= 0.3 is 5.97 Å². The van der Waals surface area contributed by atoms with Crippen molar-refractivity contribution in [1.82, 2.24) is 4.90 Å². The van der Waals surface area contributed by atoms with E-state index < -0.39 is 12.0 Å². The van der Waals surface area contributed by atoms with Crippen LogP contribution in [0.25, 0.3) is 10.8 Å². The molecule has 2 aromatic rings. The normalized spacial score (nSPS) is 21.3. The summed E-state index contributed by atoms with van der Waals surface area (Å²) in [4.78, 5) is 25.6. The van der Waals surface area contributed by atoms with Crippen molar-refractivity contribution in [3.8, 4) is 0 Å². The molecule has 1 amide bonds. The predicted molar refractivity (Wildman–Crippen MR) is 89.2 cm³/mol. The first-order chi connectivity index (χ1) is 11.0. The van der Waals surface area contributed by atoms with Crippen LogP contribution in [0.5, 0.6) is 0 Å². The third kappa shape index (κ3) is 3.36. The second-order valence-corrected chi connectivity index (χ2v) is 6.43.